The van der Waals surface area contributed by atoms with Gasteiger partial charge >= 0.3 is 6.09 Å². The summed E-state index contributed by atoms with van der Waals surface area (Å²) in [6.45, 7) is 5.80. The van der Waals surface area contributed by atoms with Gasteiger partial charge in [0.25, 0.3) is 0 Å². The van der Waals surface area contributed by atoms with Crippen LogP contribution < -0.4 is 5.32 Å². The average molecular weight is 497 g/mol. The van der Waals surface area contributed by atoms with Crippen LogP contribution in [0.4, 0.5) is 4.79 Å². The number of carbonyl (C=O) groups excluding carboxylic acids is 1. The molecule has 1 aliphatic rings. The zero-order chi connectivity index (χ0) is 25.2. The largest absolute Gasteiger partial charge is 0.482 e. The first kappa shape index (κ1) is 24.6. The number of H-pyrrole nitrogens is 1. The molecule has 35 heavy (non-hydrogen) atoms. The number of nitrogens with one attached hydrogen (secondary N) is 2. The number of aliphatic hydroxyl groups excluding tert-OH is 1. The molecule has 184 valence electrons. The smallest absolute Gasteiger partial charge is 0.409 e. The van der Waals surface area contributed by atoms with E-state index in [-0.39, 0.29) is 0 Å². The van der Waals surface area contributed by atoms with Gasteiger partial charge in [0.05, 0.1) is 7.11 Å². The predicted octanol–water partition coefficient (Wildman–Crippen LogP) is 5.03. The molecule has 3 N–H and O–H groups in total. The zero-order valence-corrected chi connectivity index (χ0v) is 20.8. The van der Waals surface area contributed by atoms with E-state index >= 15 is 0 Å². The molecular formula is C26H29ClN4O4. The lowest BCUT2D eigenvalue weighted by atomic mass is 9.98. The topological polar surface area (TPSA) is 99.7 Å². The van der Waals surface area contributed by atoms with Crippen molar-refractivity contribution in [2.75, 3.05) is 7.11 Å². The van der Waals surface area contributed by atoms with Gasteiger partial charge in [-0.1, -0.05) is 29.8 Å². The average Bonchev–Trinajstić information content (AvgIpc) is 3.24. The lowest BCUT2D eigenvalue weighted by Crippen LogP contribution is -2.49. The van der Waals surface area contributed by atoms with Crippen LogP contribution >= 0.6 is 11.6 Å². The summed E-state index contributed by atoms with van der Waals surface area (Å²) in [5.41, 5.74) is 2.21. The molecule has 0 saturated carbocycles. The van der Waals surface area contributed by atoms with Crippen LogP contribution in [0.25, 0.3) is 11.0 Å². The van der Waals surface area contributed by atoms with Crippen molar-refractivity contribution in [1.29, 1.82) is 0 Å². The maximum absolute atomic E-state index is 12.6. The number of halogens is 1. The summed E-state index contributed by atoms with van der Waals surface area (Å²) >= 11 is 6.07. The Hall–Kier alpha value is -3.49. The number of ether oxygens (including phenoxy) is 2. The van der Waals surface area contributed by atoms with Crippen LogP contribution in [0.3, 0.4) is 0 Å². The summed E-state index contributed by atoms with van der Waals surface area (Å²) in [5.74, 6) is 0.425. The van der Waals surface area contributed by atoms with Crippen LogP contribution in [-0.4, -0.2) is 44.9 Å². The van der Waals surface area contributed by atoms with E-state index in [1.807, 2.05) is 29.2 Å². The van der Waals surface area contributed by atoms with Crippen molar-refractivity contribution in [2.45, 2.75) is 45.2 Å². The Morgan fingerprint density at radius 3 is 2.71 bits per heavy atom. The van der Waals surface area contributed by atoms with Crippen molar-refractivity contribution < 1.29 is 19.4 Å². The molecule has 0 radical (unpaired) electrons. The van der Waals surface area contributed by atoms with Gasteiger partial charge in [-0.15, -0.1) is 0 Å². The second-order valence-corrected chi connectivity index (χ2v) is 9.65. The molecule has 0 spiro atoms. The van der Waals surface area contributed by atoms with Crippen LogP contribution in [0.15, 0.2) is 72.4 Å². The van der Waals surface area contributed by atoms with Gasteiger partial charge in [-0.2, -0.15) is 0 Å². The highest BCUT2D eigenvalue weighted by Crippen LogP contribution is 2.35. The fourth-order valence-corrected chi connectivity index (χ4v) is 4.11. The van der Waals surface area contributed by atoms with Gasteiger partial charge in [0.1, 0.15) is 23.5 Å². The SMILES string of the molecule is COC1=C(C(O)c2c[nH]c3ncccc23)C=CC(NC(=O)OC(C)(C)C)N1Cc1ccc(Cl)cc1. The number of methoxy groups -OCH3 is 1. The number of rotatable bonds is 6. The number of amides is 1. The number of hydrogen-bond donors (Lipinski definition) is 3. The van der Waals surface area contributed by atoms with Gasteiger partial charge in [0.2, 0.25) is 0 Å². The van der Waals surface area contributed by atoms with Crippen molar-refractivity contribution in [1.82, 2.24) is 20.2 Å². The number of alkyl carbamates (subject to hydrolysis) is 1. The van der Waals surface area contributed by atoms with Gasteiger partial charge < -0.3 is 24.5 Å². The number of aliphatic hydroxyl groups is 1. The highest BCUT2D eigenvalue weighted by Gasteiger charge is 2.32. The number of aromatic nitrogens is 2. The van der Waals surface area contributed by atoms with E-state index in [9.17, 15) is 9.90 Å². The van der Waals surface area contributed by atoms with E-state index in [0.717, 1.165) is 10.9 Å². The Kier molecular flexibility index (Phi) is 7.05. The van der Waals surface area contributed by atoms with Gasteiger partial charge in [-0.25, -0.2) is 9.78 Å². The highest BCUT2D eigenvalue weighted by molar-refractivity contribution is 6.30. The van der Waals surface area contributed by atoms with Crippen molar-refractivity contribution >= 4 is 28.7 Å². The number of benzene rings is 1. The Balaban J connectivity index is 1.70. The minimum atomic E-state index is -0.991. The fraction of sp³-hybridized carbons (Fsp3) is 0.308. The molecule has 2 atom stereocenters. The quantitative estimate of drug-likeness (QED) is 0.442. The van der Waals surface area contributed by atoms with Gasteiger partial charge in [0.15, 0.2) is 5.88 Å². The first-order valence-corrected chi connectivity index (χ1v) is 11.6. The highest BCUT2D eigenvalue weighted by atomic mass is 35.5. The molecule has 1 aromatic carbocycles. The number of pyridine rings is 1. The van der Waals surface area contributed by atoms with Crippen molar-refractivity contribution in [3.63, 3.8) is 0 Å². The third-order valence-corrected chi connectivity index (χ3v) is 5.75. The molecule has 8 nitrogen and oxygen atoms in total. The Morgan fingerprint density at radius 1 is 1.29 bits per heavy atom. The number of aromatic amines is 1. The summed E-state index contributed by atoms with van der Waals surface area (Å²) in [7, 11) is 1.54. The zero-order valence-electron chi connectivity index (χ0n) is 20.1. The predicted molar refractivity (Wildman–Crippen MR) is 134 cm³/mol. The summed E-state index contributed by atoms with van der Waals surface area (Å²) in [6.07, 6.45) is 4.87. The molecule has 3 aromatic rings. The van der Waals surface area contributed by atoms with Crippen LogP contribution in [0.5, 0.6) is 0 Å². The maximum atomic E-state index is 12.6. The first-order valence-electron chi connectivity index (χ1n) is 11.2. The summed E-state index contributed by atoms with van der Waals surface area (Å²) in [5, 5.41) is 15.7. The molecule has 0 fully saturated rings. The minimum Gasteiger partial charge on any atom is -0.482 e. The Morgan fingerprint density at radius 2 is 2.03 bits per heavy atom. The molecule has 2 unspecified atom stereocenters. The van der Waals surface area contributed by atoms with E-state index in [4.69, 9.17) is 21.1 Å². The molecule has 1 amide bonds. The first-order chi connectivity index (χ1) is 16.7. The molecule has 0 bridgehead atoms. The van der Waals surface area contributed by atoms with E-state index in [0.29, 0.717) is 34.2 Å². The molecular weight excluding hydrogens is 468 g/mol. The fourth-order valence-electron chi connectivity index (χ4n) is 3.99. The van der Waals surface area contributed by atoms with Crippen LogP contribution in [0.1, 0.15) is 38.0 Å². The van der Waals surface area contributed by atoms with E-state index in [2.05, 4.69) is 15.3 Å². The molecule has 4 rings (SSSR count). The maximum Gasteiger partial charge on any atom is 0.409 e. The summed E-state index contributed by atoms with van der Waals surface area (Å²) < 4.78 is 11.3. The molecule has 2 aromatic heterocycles. The Labute approximate surface area is 209 Å². The van der Waals surface area contributed by atoms with E-state index < -0.39 is 24.0 Å². The third kappa shape index (κ3) is 5.61. The second kappa shape index (κ2) is 10.0. The summed E-state index contributed by atoms with van der Waals surface area (Å²) in [6, 6.07) is 11.1. The molecule has 9 heteroatoms. The normalized spacial score (nSPS) is 17.0. The minimum absolute atomic E-state index is 0.386. The summed E-state index contributed by atoms with van der Waals surface area (Å²) in [4.78, 5) is 21.8. The lowest BCUT2D eigenvalue weighted by molar-refractivity contribution is 0.0396. The van der Waals surface area contributed by atoms with E-state index in [1.165, 1.54) is 7.11 Å². The standard InChI is InChI=1S/C26H29ClN4O4/c1-26(2,3)35-25(33)30-21-12-11-19(22(32)20-14-29-23-18(20)6-5-13-28-23)24(34-4)31(21)15-16-7-9-17(27)10-8-16/h5-14,21-22,32H,15H2,1-4H3,(H,28,29)(H,30,33). The number of carbonyl (C=O) groups is 1. The van der Waals surface area contributed by atoms with Crippen LogP contribution in [0.2, 0.25) is 5.02 Å². The lowest BCUT2D eigenvalue weighted by Gasteiger charge is -2.37. The van der Waals surface area contributed by atoms with E-state index in [1.54, 1.807) is 57.4 Å². The van der Waals surface area contributed by atoms with Gasteiger partial charge in [0, 0.05) is 40.5 Å². The van der Waals surface area contributed by atoms with Gasteiger partial charge in [-0.3, -0.25) is 5.32 Å². The van der Waals surface area contributed by atoms with Crippen molar-refractivity contribution in [2.24, 2.45) is 0 Å². The number of hydrogen-bond acceptors (Lipinski definition) is 6. The molecule has 0 saturated heterocycles. The molecule has 1 aliphatic heterocycles. The van der Waals surface area contributed by atoms with Crippen LogP contribution in [0, 0.1) is 0 Å². The molecule has 0 aliphatic carbocycles. The van der Waals surface area contributed by atoms with Crippen molar-refractivity contribution in [3.8, 4) is 0 Å². The van der Waals surface area contributed by atoms with Crippen LogP contribution in [-0.2, 0) is 16.0 Å². The monoisotopic (exact) mass is 496 g/mol. The third-order valence-electron chi connectivity index (χ3n) is 5.50. The Bertz CT molecular complexity index is 1260. The van der Waals surface area contributed by atoms with Gasteiger partial charge in [-0.05, 0) is 56.7 Å². The van der Waals surface area contributed by atoms with Crippen molar-refractivity contribution in [3.05, 3.63) is 88.5 Å². The second-order valence-electron chi connectivity index (χ2n) is 9.22. The number of nitrogens with zero attached hydrogens (tertiary/aromatic N) is 2. The number of fused-ring (bicyclic) bond motifs is 1. The molecule has 3 heterocycles.